The summed E-state index contributed by atoms with van der Waals surface area (Å²) in [4.78, 5) is 12.8. The van der Waals surface area contributed by atoms with Crippen molar-refractivity contribution in [3.8, 4) is 5.75 Å². The summed E-state index contributed by atoms with van der Waals surface area (Å²) in [5.74, 6) is -0.952. The summed E-state index contributed by atoms with van der Waals surface area (Å²) in [6, 6.07) is 16.8. The Morgan fingerprint density at radius 3 is 2.26 bits per heavy atom. The zero-order valence-electron chi connectivity index (χ0n) is 18.5. The molecule has 35 heavy (non-hydrogen) atoms. The standard InChI is InChI=1S/C23H22FN3O6S2/c1-2-34(29,30)27-15-22(33-21-6-4-3-5-20(21)27)23(28)25-17-11-13-19(14-12-17)35(31,32)26-18-9-7-16(24)8-10-18/h3-14,22,26H,2,15H2,1H3,(H,25,28)/t22-/m0/s1. The fourth-order valence-corrected chi connectivity index (χ4v) is 5.61. The van der Waals surface area contributed by atoms with Gasteiger partial charge in [-0.2, -0.15) is 0 Å². The summed E-state index contributed by atoms with van der Waals surface area (Å²) in [7, 11) is -7.58. The van der Waals surface area contributed by atoms with Crippen molar-refractivity contribution in [2.75, 3.05) is 26.6 Å². The molecule has 0 aromatic heterocycles. The Kier molecular flexibility index (Phi) is 6.68. The average Bonchev–Trinajstić information content (AvgIpc) is 2.85. The van der Waals surface area contributed by atoms with Crippen molar-refractivity contribution in [3.63, 3.8) is 0 Å². The molecule has 1 aliphatic heterocycles. The van der Waals surface area contributed by atoms with Crippen molar-refractivity contribution in [1.82, 2.24) is 0 Å². The quantitative estimate of drug-likeness (QED) is 0.495. The van der Waals surface area contributed by atoms with Gasteiger partial charge in [-0.05, 0) is 67.6 Å². The molecule has 1 amide bonds. The number of rotatable bonds is 7. The second-order valence-corrected chi connectivity index (χ2v) is 11.5. The monoisotopic (exact) mass is 519 g/mol. The highest BCUT2D eigenvalue weighted by atomic mass is 32.2. The van der Waals surface area contributed by atoms with E-state index in [0.29, 0.717) is 11.4 Å². The van der Waals surface area contributed by atoms with Gasteiger partial charge in [0.15, 0.2) is 6.10 Å². The molecule has 0 aliphatic carbocycles. The first-order chi connectivity index (χ1) is 16.6. The first kappa shape index (κ1) is 24.5. The van der Waals surface area contributed by atoms with Crippen LogP contribution in [0.5, 0.6) is 5.75 Å². The van der Waals surface area contributed by atoms with E-state index in [-0.39, 0.29) is 28.6 Å². The molecule has 0 bridgehead atoms. The summed E-state index contributed by atoms with van der Waals surface area (Å²) in [5.41, 5.74) is 0.856. The molecule has 2 N–H and O–H groups in total. The molecule has 1 heterocycles. The molecule has 9 nitrogen and oxygen atoms in total. The van der Waals surface area contributed by atoms with Crippen LogP contribution in [-0.2, 0) is 24.8 Å². The largest absolute Gasteiger partial charge is 0.476 e. The summed E-state index contributed by atoms with van der Waals surface area (Å²) in [5, 5.41) is 2.62. The molecule has 0 radical (unpaired) electrons. The van der Waals surface area contributed by atoms with Gasteiger partial charge in [0, 0.05) is 11.4 Å². The molecule has 1 aliphatic rings. The van der Waals surface area contributed by atoms with E-state index in [9.17, 15) is 26.0 Å². The van der Waals surface area contributed by atoms with Crippen molar-refractivity contribution in [2.45, 2.75) is 17.9 Å². The van der Waals surface area contributed by atoms with Crippen LogP contribution < -0.4 is 19.1 Å². The highest BCUT2D eigenvalue weighted by Gasteiger charge is 2.36. The molecule has 184 valence electrons. The van der Waals surface area contributed by atoms with Crippen LogP contribution in [0.3, 0.4) is 0 Å². The van der Waals surface area contributed by atoms with E-state index in [1.807, 2.05) is 0 Å². The van der Waals surface area contributed by atoms with Crippen LogP contribution in [0.2, 0.25) is 0 Å². The van der Waals surface area contributed by atoms with Crippen LogP contribution in [0.4, 0.5) is 21.5 Å². The Morgan fingerprint density at radius 1 is 0.971 bits per heavy atom. The van der Waals surface area contributed by atoms with E-state index in [0.717, 1.165) is 16.4 Å². The lowest BCUT2D eigenvalue weighted by atomic mass is 10.2. The van der Waals surface area contributed by atoms with E-state index in [1.54, 1.807) is 24.3 Å². The number of nitrogens with one attached hydrogen (secondary N) is 2. The Bertz CT molecular complexity index is 1440. The predicted octanol–water partition coefficient (Wildman–Crippen LogP) is 3.18. The van der Waals surface area contributed by atoms with Gasteiger partial charge < -0.3 is 10.1 Å². The van der Waals surface area contributed by atoms with E-state index < -0.39 is 37.9 Å². The fourth-order valence-electron chi connectivity index (χ4n) is 3.43. The number of nitrogens with zero attached hydrogens (tertiary/aromatic N) is 1. The van der Waals surface area contributed by atoms with Crippen LogP contribution in [0.25, 0.3) is 0 Å². The average molecular weight is 520 g/mol. The molecule has 3 aromatic carbocycles. The Balaban J connectivity index is 1.48. The number of carbonyl (C=O) groups is 1. The zero-order chi connectivity index (χ0) is 25.2. The molecule has 0 saturated carbocycles. The van der Waals surface area contributed by atoms with Gasteiger partial charge in [0.05, 0.1) is 22.9 Å². The van der Waals surface area contributed by atoms with Crippen LogP contribution in [0.15, 0.2) is 77.7 Å². The second kappa shape index (κ2) is 9.55. The molecule has 12 heteroatoms. The summed E-state index contributed by atoms with van der Waals surface area (Å²) >= 11 is 0. The third kappa shape index (κ3) is 5.38. The number of para-hydroxylation sites is 2. The number of hydrogen-bond donors (Lipinski definition) is 2. The van der Waals surface area contributed by atoms with E-state index >= 15 is 0 Å². The third-order valence-corrected chi connectivity index (χ3v) is 8.40. The molecular formula is C23H22FN3O6S2. The van der Waals surface area contributed by atoms with Gasteiger partial charge in [-0.1, -0.05) is 12.1 Å². The molecule has 1 atom stereocenters. The van der Waals surface area contributed by atoms with Gasteiger partial charge in [0.25, 0.3) is 15.9 Å². The van der Waals surface area contributed by atoms with Gasteiger partial charge in [0.2, 0.25) is 10.0 Å². The first-order valence-electron chi connectivity index (χ1n) is 10.5. The number of sulfonamides is 2. The number of anilines is 3. The SMILES string of the molecule is CCS(=O)(=O)N1C[C@@H](C(=O)Nc2ccc(S(=O)(=O)Nc3ccc(F)cc3)cc2)Oc2ccccc21. The minimum atomic E-state index is -3.94. The van der Waals surface area contributed by atoms with Crippen LogP contribution >= 0.6 is 0 Å². The maximum Gasteiger partial charge on any atom is 0.267 e. The number of ether oxygens (including phenoxy) is 1. The number of hydrogen-bond acceptors (Lipinski definition) is 6. The van der Waals surface area contributed by atoms with Crippen molar-refractivity contribution < 1.29 is 30.8 Å². The summed E-state index contributed by atoms with van der Waals surface area (Å²) in [6.07, 6.45) is -1.12. The topological polar surface area (TPSA) is 122 Å². The number of amides is 1. The molecule has 0 spiro atoms. The number of halogens is 1. The fraction of sp³-hybridized carbons (Fsp3) is 0.174. The zero-order valence-corrected chi connectivity index (χ0v) is 20.1. The number of carbonyl (C=O) groups excluding carboxylic acids is 1. The van der Waals surface area contributed by atoms with Crippen LogP contribution in [0.1, 0.15) is 6.92 Å². The van der Waals surface area contributed by atoms with Crippen molar-refractivity contribution in [3.05, 3.63) is 78.6 Å². The van der Waals surface area contributed by atoms with Crippen molar-refractivity contribution in [2.24, 2.45) is 0 Å². The molecule has 3 aromatic rings. The van der Waals surface area contributed by atoms with Gasteiger partial charge in [-0.3, -0.25) is 13.8 Å². The molecule has 4 rings (SSSR count). The maximum absolute atomic E-state index is 13.0. The highest BCUT2D eigenvalue weighted by molar-refractivity contribution is 7.93. The van der Waals surface area contributed by atoms with Gasteiger partial charge in [-0.25, -0.2) is 21.2 Å². The van der Waals surface area contributed by atoms with Crippen LogP contribution in [-0.4, -0.2) is 41.1 Å². The van der Waals surface area contributed by atoms with E-state index in [1.165, 1.54) is 43.3 Å². The van der Waals surface area contributed by atoms with E-state index in [4.69, 9.17) is 4.74 Å². The van der Waals surface area contributed by atoms with Gasteiger partial charge >= 0.3 is 0 Å². The number of benzene rings is 3. The highest BCUT2D eigenvalue weighted by Crippen LogP contribution is 2.35. The smallest absolute Gasteiger partial charge is 0.267 e. The van der Waals surface area contributed by atoms with Crippen LogP contribution in [0, 0.1) is 5.82 Å². The lowest BCUT2D eigenvalue weighted by Crippen LogP contribution is -2.49. The molecule has 0 fully saturated rings. The molecule has 0 unspecified atom stereocenters. The van der Waals surface area contributed by atoms with Gasteiger partial charge in [0.1, 0.15) is 11.6 Å². The Hall–Kier alpha value is -3.64. The third-order valence-electron chi connectivity index (χ3n) is 5.26. The lowest BCUT2D eigenvalue weighted by molar-refractivity contribution is -0.122. The minimum absolute atomic E-state index is 0.0668. The van der Waals surface area contributed by atoms with E-state index in [2.05, 4.69) is 10.0 Å². The first-order valence-corrected chi connectivity index (χ1v) is 13.6. The van der Waals surface area contributed by atoms with Crippen molar-refractivity contribution >= 4 is 43.0 Å². The normalized spacial score (nSPS) is 15.6. The Labute approximate surface area is 202 Å². The number of fused-ring (bicyclic) bond motifs is 1. The second-order valence-electron chi connectivity index (χ2n) is 7.63. The minimum Gasteiger partial charge on any atom is -0.476 e. The molecular weight excluding hydrogens is 497 g/mol. The Morgan fingerprint density at radius 2 is 1.60 bits per heavy atom. The molecule has 0 saturated heterocycles. The lowest BCUT2D eigenvalue weighted by Gasteiger charge is -2.34. The predicted molar refractivity (Wildman–Crippen MR) is 130 cm³/mol. The maximum atomic E-state index is 13.0. The van der Waals surface area contributed by atoms with Gasteiger partial charge in [-0.15, -0.1) is 0 Å². The summed E-state index contributed by atoms with van der Waals surface area (Å²) < 4.78 is 72.6. The summed E-state index contributed by atoms with van der Waals surface area (Å²) in [6.45, 7) is 1.32. The van der Waals surface area contributed by atoms with Crippen molar-refractivity contribution in [1.29, 1.82) is 0 Å².